The number of carbonyl (C=O) groups is 2. The Hall–Kier alpha value is -3.10. The van der Waals surface area contributed by atoms with Crippen molar-refractivity contribution < 1.29 is 30.0 Å². The minimum atomic E-state index is -1.06. The van der Waals surface area contributed by atoms with E-state index in [1.807, 2.05) is 13.8 Å². The van der Waals surface area contributed by atoms with Crippen molar-refractivity contribution >= 4 is 37.2 Å². The second kappa shape index (κ2) is 14.9. The quantitative estimate of drug-likeness (QED) is 0.164. The summed E-state index contributed by atoms with van der Waals surface area (Å²) in [5.41, 5.74) is 8.81. The molecule has 230 valence electrons. The van der Waals surface area contributed by atoms with E-state index >= 15 is 0 Å². The molecule has 3 aromatic carbocycles. The van der Waals surface area contributed by atoms with E-state index in [2.05, 4.69) is 92.8 Å². The third-order valence-corrected chi connectivity index (χ3v) is 7.74. The lowest BCUT2D eigenvalue weighted by molar-refractivity contribution is 0.0681. The summed E-state index contributed by atoms with van der Waals surface area (Å²) in [6.45, 7) is 20.8. The number of phenolic OH excluding ortho intramolecular Hbond substituents is 2. The summed E-state index contributed by atoms with van der Waals surface area (Å²) >= 11 is 8.59. The van der Waals surface area contributed by atoms with Crippen LogP contribution in [0, 0.1) is 27.7 Å². The number of aromatic carboxylic acids is 2. The number of carboxylic acid groups (broad SMARTS) is 2. The van der Waals surface area contributed by atoms with Gasteiger partial charge in [0.05, 0.1) is 11.1 Å². The van der Waals surface area contributed by atoms with Crippen LogP contribution in [-0.4, -0.2) is 32.4 Å². The van der Waals surface area contributed by atoms with Crippen molar-refractivity contribution in [3.63, 3.8) is 0 Å². The Bertz CT molecular complexity index is 1300. The van der Waals surface area contributed by atoms with E-state index in [4.69, 9.17) is 10.2 Å². The maximum absolute atomic E-state index is 10.3. The van der Waals surface area contributed by atoms with Crippen LogP contribution in [0.1, 0.15) is 107 Å². The summed E-state index contributed by atoms with van der Waals surface area (Å²) in [7, 11) is 0. The Morgan fingerprint density at radius 1 is 0.619 bits per heavy atom. The number of benzene rings is 3. The Balaban J connectivity index is 0.000000317. The highest BCUT2D eigenvalue weighted by Gasteiger charge is 2.22. The fraction of sp³-hybridized carbons (Fsp3) is 0.412. The number of aryl methyl sites for hydroxylation is 2. The number of thiol groups is 2. The molecule has 0 aliphatic rings. The van der Waals surface area contributed by atoms with Gasteiger partial charge in [0.1, 0.15) is 11.5 Å². The Labute approximate surface area is 261 Å². The summed E-state index contributed by atoms with van der Waals surface area (Å²) in [5.74, 6) is 0.0823. The summed E-state index contributed by atoms with van der Waals surface area (Å²) < 4.78 is 0. The van der Waals surface area contributed by atoms with E-state index in [0.717, 1.165) is 33.4 Å². The molecule has 3 rings (SSSR count). The fourth-order valence-electron chi connectivity index (χ4n) is 4.41. The first-order chi connectivity index (χ1) is 19.2. The molecule has 8 heteroatoms. The van der Waals surface area contributed by atoms with Crippen LogP contribution in [0.5, 0.6) is 11.5 Å². The predicted octanol–water partition coefficient (Wildman–Crippen LogP) is 8.56. The van der Waals surface area contributed by atoms with Crippen molar-refractivity contribution in [2.75, 3.05) is 0 Å². The molecular weight excluding hydrogens is 569 g/mol. The molecular formula is C34H46O6S2. The lowest BCUT2D eigenvalue weighted by atomic mass is 9.83. The number of rotatable bonds is 4. The van der Waals surface area contributed by atoms with Crippen molar-refractivity contribution in [2.45, 2.75) is 91.6 Å². The zero-order valence-electron chi connectivity index (χ0n) is 26.4. The number of aromatic hydroxyl groups is 2. The van der Waals surface area contributed by atoms with Gasteiger partial charge >= 0.3 is 11.9 Å². The maximum atomic E-state index is 10.3. The van der Waals surface area contributed by atoms with Gasteiger partial charge in [-0.05, 0) is 107 Å². The van der Waals surface area contributed by atoms with Crippen LogP contribution in [0.15, 0.2) is 36.4 Å². The molecule has 0 saturated heterocycles. The van der Waals surface area contributed by atoms with Gasteiger partial charge in [-0.3, -0.25) is 0 Å². The molecule has 0 heterocycles. The molecule has 0 atom stereocenters. The van der Waals surface area contributed by atoms with Crippen LogP contribution in [0.2, 0.25) is 0 Å². The van der Waals surface area contributed by atoms with E-state index < -0.39 is 11.9 Å². The van der Waals surface area contributed by atoms with E-state index in [1.54, 1.807) is 0 Å². The first kappa shape index (κ1) is 36.9. The van der Waals surface area contributed by atoms with Gasteiger partial charge in [0.15, 0.2) is 0 Å². The van der Waals surface area contributed by atoms with Crippen molar-refractivity contribution in [3.8, 4) is 11.5 Å². The molecule has 0 bridgehead atoms. The molecule has 3 aromatic rings. The Morgan fingerprint density at radius 2 is 0.881 bits per heavy atom. The second-order valence-electron chi connectivity index (χ2n) is 12.4. The van der Waals surface area contributed by atoms with Crippen LogP contribution in [0.25, 0.3) is 0 Å². The van der Waals surface area contributed by atoms with Gasteiger partial charge in [0.2, 0.25) is 0 Å². The number of carboxylic acids is 2. The third kappa shape index (κ3) is 9.46. The summed E-state index contributed by atoms with van der Waals surface area (Å²) in [6.07, 6.45) is 0. The summed E-state index contributed by atoms with van der Waals surface area (Å²) in [6, 6.07) is 9.18. The van der Waals surface area contributed by atoms with E-state index in [0.29, 0.717) is 23.0 Å². The second-order valence-corrected chi connectivity index (χ2v) is 13.0. The topological polar surface area (TPSA) is 115 Å². The SMILES string of the molecule is Cc1cc(C(C)(C)C)c(O)c(C)c1CS.Cc1cc(C(C)(C)C)c(O)c(C)c1CS.O=C(O)c1ccc(C(=O)O)cc1. The largest absolute Gasteiger partial charge is 0.507 e. The Kier molecular flexibility index (Phi) is 13.1. The van der Waals surface area contributed by atoms with E-state index in [-0.39, 0.29) is 22.0 Å². The zero-order chi connectivity index (χ0) is 32.7. The predicted molar refractivity (Wildman–Crippen MR) is 178 cm³/mol. The first-order valence-electron chi connectivity index (χ1n) is 13.6. The number of hydrogen-bond acceptors (Lipinski definition) is 6. The average Bonchev–Trinajstić information content (AvgIpc) is 2.88. The molecule has 0 amide bonds. The number of hydrogen-bond donors (Lipinski definition) is 6. The van der Waals surface area contributed by atoms with Gasteiger partial charge in [-0.25, -0.2) is 9.59 Å². The smallest absolute Gasteiger partial charge is 0.335 e. The molecule has 0 spiro atoms. The average molecular weight is 615 g/mol. The van der Waals surface area contributed by atoms with Crippen LogP contribution >= 0.6 is 25.3 Å². The molecule has 0 aliphatic heterocycles. The highest BCUT2D eigenvalue weighted by molar-refractivity contribution is 7.79. The highest BCUT2D eigenvalue weighted by Crippen LogP contribution is 2.37. The van der Waals surface area contributed by atoms with Crippen LogP contribution < -0.4 is 0 Å². The molecule has 0 saturated carbocycles. The van der Waals surface area contributed by atoms with Crippen molar-refractivity contribution in [3.05, 3.63) is 92.0 Å². The molecule has 0 unspecified atom stereocenters. The zero-order valence-corrected chi connectivity index (χ0v) is 28.2. The highest BCUT2D eigenvalue weighted by atomic mass is 32.1. The van der Waals surface area contributed by atoms with Gasteiger partial charge in [0.25, 0.3) is 0 Å². The van der Waals surface area contributed by atoms with Gasteiger partial charge in [-0.15, -0.1) is 0 Å². The van der Waals surface area contributed by atoms with E-state index in [1.165, 1.54) is 35.4 Å². The lowest BCUT2D eigenvalue weighted by Crippen LogP contribution is -2.13. The molecule has 6 nitrogen and oxygen atoms in total. The van der Waals surface area contributed by atoms with Crippen LogP contribution in [0.3, 0.4) is 0 Å². The van der Waals surface area contributed by atoms with Gasteiger partial charge in [-0.2, -0.15) is 25.3 Å². The Morgan fingerprint density at radius 3 is 1.07 bits per heavy atom. The first-order valence-corrected chi connectivity index (χ1v) is 14.9. The van der Waals surface area contributed by atoms with E-state index in [9.17, 15) is 19.8 Å². The molecule has 0 radical (unpaired) electrons. The minimum absolute atomic E-state index is 0.0191. The monoisotopic (exact) mass is 614 g/mol. The van der Waals surface area contributed by atoms with Crippen molar-refractivity contribution in [1.82, 2.24) is 0 Å². The van der Waals surface area contributed by atoms with Crippen molar-refractivity contribution in [1.29, 1.82) is 0 Å². The van der Waals surface area contributed by atoms with Crippen molar-refractivity contribution in [2.24, 2.45) is 0 Å². The number of phenols is 2. The molecule has 0 aromatic heterocycles. The molecule has 0 aliphatic carbocycles. The summed E-state index contributed by atoms with van der Waals surface area (Å²) in [4.78, 5) is 20.7. The molecule has 0 fully saturated rings. The van der Waals surface area contributed by atoms with Crippen LogP contribution in [0.4, 0.5) is 0 Å². The summed E-state index contributed by atoms with van der Waals surface area (Å²) in [5, 5.41) is 37.2. The standard InChI is InChI=1S/2C13H20OS.C8H6O4/c2*1-8-6-11(13(3,4)5)12(14)9(2)10(8)7-15;9-7(10)5-1-2-6(4-3-5)8(11)12/h2*6,14-15H,7H2,1-5H3;1-4H,(H,9,10)(H,11,12). The maximum Gasteiger partial charge on any atom is 0.335 e. The van der Waals surface area contributed by atoms with Gasteiger partial charge in [-0.1, -0.05) is 53.7 Å². The lowest BCUT2D eigenvalue weighted by Gasteiger charge is -2.24. The minimum Gasteiger partial charge on any atom is -0.507 e. The van der Waals surface area contributed by atoms with Gasteiger partial charge in [0, 0.05) is 11.5 Å². The fourth-order valence-corrected chi connectivity index (χ4v) is 5.38. The molecule has 4 N–H and O–H groups in total. The van der Waals surface area contributed by atoms with Crippen LogP contribution in [-0.2, 0) is 22.3 Å². The van der Waals surface area contributed by atoms with Gasteiger partial charge < -0.3 is 20.4 Å². The normalized spacial score (nSPS) is 11.1. The third-order valence-electron chi connectivity index (χ3n) is 7.11. The molecule has 42 heavy (non-hydrogen) atoms.